The lowest BCUT2D eigenvalue weighted by molar-refractivity contribution is 0.0778. The van der Waals surface area contributed by atoms with Crippen molar-refractivity contribution in [1.82, 2.24) is 9.88 Å². The van der Waals surface area contributed by atoms with Crippen molar-refractivity contribution >= 4 is 17.2 Å². The summed E-state index contributed by atoms with van der Waals surface area (Å²) in [6.07, 6.45) is 0. The van der Waals surface area contributed by atoms with Gasteiger partial charge in [-0.25, -0.2) is 13.8 Å². The van der Waals surface area contributed by atoms with Crippen LogP contribution in [-0.2, 0) is 6.54 Å². The average Bonchev–Trinajstić information content (AvgIpc) is 2.77. The molecule has 0 aliphatic carbocycles. The maximum absolute atomic E-state index is 13.5. The van der Waals surface area contributed by atoms with Gasteiger partial charge < -0.3 is 4.90 Å². The average molecular weight is 282 g/mol. The van der Waals surface area contributed by atoms with E-state index in [9.17, 15) is 13.6 Å². The van der Waals surface area contributed by atoms with Crippen LogP contribution in [0.2, 0.25) is 0 Å². The van der Waals surface area contributed by atoms with Gasteiger partial charge in [0.25, 0.3) is 5.91 Å². The highest BCUT2D eigenvalue weighted by Gasteiger charge is 2.19. The quantitative estimate of drug-likeness (QED) is 0.867. The van der Waals surface area contributed by atoms with E-state index in [1.54, 1.807) is 0 Å². The molecule has 0 N–H and O–H groups in total. The molecule has 0 aliphatic heterocycles. The van der Waals surface area contributed by atoms with E-state index in [1.165, 1.54) is 35.4 Å². The molecule has 0 unspecified atom stereocenters. The number of aromatic nitrogens is 1. The van der Waals surface area contributed by atoms with Crippen LogP contribution in [-0.4, -0.2) is 22.8 Å². The fourth-order valence-corrected chi connectivity index (χ4v) is 2.27. The molecule has 0 bridgehead atoms. The zero-order chi connectivity index (χ0) is 14.0. The van der Waals surface area contributed by atoms with E-state index < -0.39 is 17.5 Å². The number of benzene rings is 1. The third-order valence-electron chi connectivity index (χ3n) is 2.59. The number of halogens is 2. The first-order valence-corrected chi connectivity index (χ1v) is 6.47. The molecule has 0 aliphatic rings. The smallest absolute Gasteiger partial charge is 0.257 e. The highest BCUT2D eigenvalue weighted by molar-refractivity contribution is 7.09. The predicted octanol–water partition coefficient (Wildman–Crippen LogP) is 3.00. The van der Waals surface area contributed by atoms with Crippen molar-refractivity contribution in [3.63, 3.8) is 0 Å². The molecule has 0 atom stereocenters. The van der Waals surface area contributed by atoms with Crippen LogP contribution in [0.5, 0.6) is 0 Å². The van der Waals surface area contributed by atoms with Crippen LogP contribution in [0.15, 0.2) is 23.6 Å². The van der Waals surface area contributed by atoms with Crippen molar-refractivity contribution in [1.29, 1.82) is 0 Å². The number of aryl methyl sites for hydroxylation is 1. The Morgan fingerprint density at radius 1 is 1.42 bits per heavy atom. The van der Waals surface area contributed by atoms with Gasteiger partial charge in [-0.05, 0) is 19.1 Å². The number of hydrogen-bond acceptors (Lipinski definition) is 3. The van der Waals surface area contributed by atoms with E-state index in [-0.39, 0.29) is 12.1 Å². The number of rotatable bonds is 3. The fraction of sp³-hybridized carbons (Fsp3) is 0.231. The maximum Gasteiger partial charge on any atom is 0.257 e. The predicted molar refractivity (Wildman–Crippen MR) is 69.0 cm³/mol. The van der Waals surface area contributed by atoms with Gasteiger partial charge in [-0.15, -0.1) is 11.3 Å². The molecule has 1 aromatic heterocycles. The second-order valence-corrected chi connectivity index (χ2v) is 5.18. The van der Waals surface area contributed by atoms with Gasteiger partial charge in [-0.3, -0.25) is 4.79 Å². The Hall–Kier alpha value is -1.82. The molecule has 2 aromatic rings. The highest BCUT2D eigenvalue weighted by Crippen LogP contribution is 2.15. The minimum Gasteiger partial charge on any atom is -0.336 e. The second-order valence-electron chi connectivity index (χ2n) is 4.12. The Balaban J connectivity index is 2.17. The number of carbonyl (C=O) groups excluding carboxylic acids is 1. The third kappa shape index (κ3) is 2.96. The van der Waals surface area contributed by atoms with Gasteiger partial charge in [-0.2, -0.15) is 0 Å². The van der Waals surface area contributed by atoms with E-state index >= 15 is 0 Å². The Labute approximate surface area is 113 Å². The summed E-state index contributed by atoms with van der Waals surface area (Å²) in [4.78, 5) is 17.6. The van der Waals surface area contributed by atoms with Gasteiger partial charge in [0.05, 0.1) is 22.8 Å². The second kappa shape index (κ2) is 5.44. The Morgan fingerprint density at radius 3 is 2.79 bits per heavy atom. The van der Waals surface area contributed by atoms with Gasteiger partial charge in [-0.1, -0.05) is 6.07 Å². The van der Waals surface area contributed by atoms with Crippen LogP contribution < -0.4 is 0 Å². The van der Waals surface area contributed by atoms with Gasteiger partial charge in [0.1, 0.15) is 0 Å². The summed E-state index contributed by atoms with van der Waals surface area (Å²) in [6.45, 7) is 2.13. The van der Waals surface area contributed by atoms with Crippen molar-refractivity contribution in [2.75, 3.05) is 7.05 Å². The molecule has 100 valence electrons. The van der Waals surface area contributed by atoms with Crippen molar-refractivity contribution in [2.24, 2.45) is 0 Å². The normalized spacial score (nSPS) is 10.5. The number of thiazole rings is 1. The first kappa shape index (κ1) is 13.6. The highest BCUT2D eigenvalue weighted by atomic mass is 32.1. The Kier molecular flexibility index (Phi) is 3.90. The topological polar surface area (TPSA) is 33.2 Å². The lowest BCUT2D eigenvalue weighted by Crippen LogP contribution is -2.27. The summed E-state index contributed by atoms with van der Waals surface area (Å²) in [7, 11) is 1.53. The summed E-state index contributed by atoms with van der Waals surface area (Å²) >= 11 is 1.48. The molecule has 0 saturated heterocycles. The molecular formula is C13H12F2N2OS. The summed E-state index contributed by atoms with van der Waals surface area (Å²) in [6, 6.07) is 3.56. The Bertz CT molecular complexity index is 612. The third-order valence-corrected chi connectivity index (χ3v) is 3.42. The van der Waals surface area contributed by atoms with Gasteiger partial charge >= 0.3 is 0 Å². The fourth-order valence-electron chi connectivity index (χ4n) is 1.67. The van der Waals surface area contributed by atoms with Gasteiger partial charge in [0, 0.05) is 12.4 Å². The van der Waals surface area contributed by atoms with Crippen LogP contribution in [0.4, 0.5) is 8.78 Å². The number of amides is 1. The number of hydrogen-bond donors (Lipinski definition) is 0. The number of nitrogens with zero attached hydrogens (tertiary/aromatic N) is 2. The van der Waals surface area contributed by atoms with Crippen LogP contribution in [0.3, 0.4) is 0 Å². The number of carbonyl (C=O) groups is 1. The standard InChI is InChI=1S/C13H12F2N2OS/c1-8-16-9(7-19-8)6-17(2)13(18)10-4-3-5-11(14)12(10)15/h3-5,7H,6H2,1-2H3. The molecule has 0 saturated carbocycles. The molecular weight excluding hydrogens is 270 g/mol. The van der Waals surface area contributed by atoms with E-state index in [0.717, 1.165) is 16.8 Å². The van der Waals surface area contributed by atoms with E-state index in [1.807, 2.05) is 12.3 Å². The monoisotopic (exact) mass is 282 g/mol. The SMILES string of the molecule is Cc1nc(CN(C)C(=O)c2cccc(F)c2F)cs1. The molecule has 0 fully saturated rings. The minimum absolute atomic E-state index is 0.263. The first-order valence-electron chi connectivity index (χ1n) is 5.59. The lowest BCUT2D eigenvalue weighted by atomic mass is 10.2. The molecule has 0 radical (unpaired) electrons. The van der Waals surface area contributed by atoms with Crippen LogP contribution in [0.25, 0.3) is 0 Å². The van der Waals surface area contributed by atoms with Crippen LogP contribution >= 0.6 is 11.3 Å². The van der Waals surface area contributed by atoms with E-state index in [0.29, 0.717) is 0 Å². The molecule has 1 aromatic carbocycles. The zero-order valence-corrected chi connectivity index (χ0v) is 11.3. The van der Waals surface area contributed by atoms with E-state index in [4.69, 9.17) is 0 Å². The molecule has 0 spiro atoms. The molecule has 3 nitrogen and oxygen atoms in total. The first-order chi connectivity index (χ1) is 8.99. The van der Waals surface area contributed by atoms with Crippen molar-refractivity contribution < 1.29 is 13.6 Å². The Morgan fingerprint density at radius 2 is 2.16 bits per heavy atom. The summed E-state index contributed by atoms with van der Waals surface area (Å²) in [5.41, 5.74) is 0.463. The summed E-state index contributed by atoms with van der Waals surface area (Å²) in [5.74, 6) is -2.71. The van der Waals surface area contributed by atoms with Crippen molar-refractivity contribution in [3.8, 4) is 0 Å². The zero-order valence-electron chi connectivity index (χ0n) is 10.5. The van der Waals surface area contributed by atoms with E-state index in [2.05, 4.69) is 4.98 Å². The maximum atomic E-state index is 13.5. The van der Waals surface area contributed by atoms with Gasteiger partial charge in [0.2, 0.25) is 0 Å². The van der Waals surface area contributed by atoms with Crippen molar-refractivity contribution in [2.45, 2.75) is 13.5 Å². The van der Waals surface area contributed by atoms with Crippen molar-refractivity contribution in [3.05, 3.63) is 51.5 Å². The summed E-state index contributed by atoms with van der Waals surface area (Å²) in [5, 5.41) is 2.73. The van der Waals surface area contributed by atoms with Gasteiger partial charge in [0.15, 0.2) is 11.6 Å². The largest absolute Gasteiger partial charge is 0.336 e. The van der Waals surface area contributed by atoms with Crippen LogP contribution in [0.1, 0.15) is 21.1 Å². The summed E-state index contributed by atoms with van der Waals surface area (Å²) < 4.78 is 26.6. The molecule has 2 rings (SSSR count). The molecule has 1 amide bonds. The van der Waals surface area contributed by atoms with Crippen LogP contribution in [0, 0.1) is 18.6 Å². The molecule has 19 heavy (non-hydrogen) atoms. The lowest BCUT2D eigenvalue weighted by Gasteiger charge is -2.16. The molecule has 6 heteroatoms. The molecule has 1 heterocycles. The minimum atomic E-state index is -1.12.